The van der Waals surface area contributed by atoms with Crippen molar-refractivity contribution in [1.29, 1.82) is 0 Å². The largest absolute Gasteiger partial charge is 0.433 e. The molecule has 0 aliphatic rings. The molecule has 0 aromatic carbocycles. The highest BCUT2D eigenvalue weighted by Crippen LogP contribution is 2.28. The molecular formula is C7H6F3IN2. The molecule has 1 heterocycles. The van der Waals surface area contributed by atoms with E-state index in [0.29, 0.717) is 9.26 Å². The lowest BCUT2D eigenvalue weighted by molar-refractivity contribution is -0.141. The summed E-state index contributed by atoms with van der Waals surface area (Å²) in [4.78, 5) is 3.36. The van der Waals surface area contributed by atoms with Crippen LogP contribution in [0.3, 0.4) is 0 Å². The van der Waals surface area contributed by atoms with Gasteiger partial charge in [0.1, 0.15) is 9.39 Å². The summed E-state index contributed by atoms with van der Waals surface area (Å²) in [5.74, 6) is 0. The van der Waals surface area contributed by atoms with Crippen LogP contribution in [0.15, 0.2) is 12.1 Å². The maximum Gasteiger partial charge on any atom is 0.433 e. The third-order valence-corrected chi connectivity index (χ3v) is 1.93. The van der Waals surface area contributed by atoms with Gasteiger partial charge in [0.2, 0.25) is 0 Å². The summed E-state index contributed by atoms with van der Waals surface area (Å²) in [5, 5.41) is 0. The van der Waals surface area contributed by atoms with Gasteiger partial charge in [0, 0.05) is 6.54 Å². The molecule has 1 aromatic heterocycles. The SMILES string of the molecule is NCc1cc(I)nc(C(F)(F)F)c1. The zero-order valence-corrected chi connectivity index (χ0v) is 8.56. The topological polar surface area (TPSA) is 38.9 Å². The Balaban J connectivity index is 3.16. The Kier molecular flexibility index (Phi) is 3.12. The minimum Gasteiger partial charge on any atom is -0.326 e. The maximum absolute atomic E-state index is 12.2. The number of nitrogens with zero attached hydrogens (tertiary/aromatic N) is 1. The predicted molar refractivity (Wildman–Crippen MR) is 49.8 cm³/mol. The Hall–Kier alpha value is -0.370. The maximum atomic E-state index is 12.2. The van der Waals surface area contributed by atoms with Gasteiger partial charge in [-0.15, -0.1) is 0 Å². The molecule has 1 aromatic rings. The van der Waals surface area contributed by atoms with Crippen molar-refractivity contribution in [1.82, 2.24) is 4.98 Å². The molecule has 13 heavy (non-hydrogen) atoms. The fraction of sp³-hybridized carbons (Fsp3) is 0.286. The van der Waals surface area contributed by atoms with Gasteiger partial charge in [-0.25, -0.2) is 4.98 Å². The van der Waals surface area contributed by atoms with Crippen molar-refractivity contribution in [2.45, 2.75) is 12.7 Å². The first-order valence-corrected chi connectivity index (χ1v) is 4.45. The highest BCUT2D eigenvalue weighted by atomic mass is 127. The van der Waals surface area contributed by atoms with Gasteiger partial charge >= 0.3 is 6.18 Å². The fourth-order valence-electron chi connectivity index (χ4n) is 0.813. The average molecular weight is 302 g/mol. The number of halogens is 4. The number of rotatable bonds is 1. The lowest BCUT2D eigenvalue weighted by Crippen LogP contribution is -2.10. The Morgan fingerprint density at radius 2 is 2.00 bits per heavy atom. The average Bonchev–Trinajstić information content (AvgIpc) is 2.01. The first kappa shape index (κ1) is 10.7. The van der Waals surface area contributed by atoms with Crippen LogP contribution in [-0.2, 0) is 12.7 Å². The van der Waals surface area contributed by atoms with Crippen LogP contribution in [0, 0.1) is 3.70 Å². The predicted octanol–water partition coefficient (Wildman–Crippen LogP) is 2.16. The van der Waals surface area contributed by atoms with E-state index in [1.807, 2.05) is 0 Å². The van der Waals surface area contributed by atoms with Crippen molar-refractivity contribution in [2.24, 2.45) is 5.73 Å². The third kappa shape index (κ3) is 2.80. The van der Waals surface area contributed by atoms with E-state index >= 15 is 0 Å². The second-order valence-corrected chi connectivity index (χ2v) is 3.49. The zero-order chi connectivity index (χ0) is 10.1. The van der Waals surface area contributed by atoms with Crippen LogP contribution in [0.25, 0.3) is 0 Å². The molecule has 0 saturated carbocycles. The van der Waals surface area contributed by atoms with Crippen LogP contribution >= 0.6 is 22.6 Å². The van der Waals surface area contributed by atoms with Gasteiger partial charge in [0.05, 0.1) is 0 Å². The third-order valence-electron chi connectivity index (χ3n) is 1.38. The van der Waals surface area contributed by atoms with Gasteiger partial charge in [-0.2, -0.15) is 13.2 Å². The van der Waals surface area contributed by atoms with Crippen molar-refractivity contribution >= 4 is 22.6 Å². The van der Waals surface area contributed by atoms with E-state index in [1.165, 1.54) is 6.07 Å². The molecule has 6 heteroatoms. The van der Waals surface area contributed by atoms with Crippen molar-refractivity contribution < 1.29 is 13.2 Å². The Bertz CT molecular complexity index is 311. The van der Waals surface area contributed by atoms with Crippen molar-refractivity contribution in [3.05, 3.63) is 27.1 Å². The second-order valence-electron chi connectivity index (χ2n) is 2.39. The number of aromatic nitrogens is 1. The van der Waals surface area contributed by atoms with Crippen LogP contribution in [0.5, 0.6) is 0 Å². The van der Waals surface area contributed by atoms with Gasteiger partial charge in [-0.1, -0.05) is 0 Å². The molecule has 2 N–H and O–H groups in total. The highest BCUT2D eigenvalue weighted by molar-refractivity contribution is 14.1. The van der Waals surface area contributed by atoms with E-state index in [9.17, 15) is 13.2 Å². The smallest absolute Gasteiger partial charge is 0.326 e. The summed E-state index contributed by atoms with van der Waals surface area (Å²) < 4.78 is 36.8. The summed E-state index contributed by atoms with van der Waals surface area (Å²) in [6.45, 7) is 0.0849. The lowest BCUT2D eigenvalue weighted by atomic mass is 10.2. The van der Waals surface area contributed by atoms with Crippen molar-refractivity contribution in [2.75, 3.05) is 0 Å². The van der Waals surface area contributed by atoms with Crippen LogP contribution in [0.4, 0.5) is 13.2 Å². The molecule has 0 spiro atoms. The summed E-state index contributed by atoms with van der Waals surface area (Å²) in [6.07, 6.45) is -4.40. The van der Waals surface area contributed by atoms with Gasteiger partial charge in [0.15, 0.2) is 0 Å². The van der Waals surface area contributed by atoms with E-state index < -0.39 is 11.9 Å². The van der Waals surface area contributed by atoms with E-state index in [4.69, 9.17) is 5.73 Å². The fourth-order valence-corrected chi connectivity index (χ4v) is 1.47. The molecule has 0 fully saturated rings. The number of hydrogen-bond acceptors (Lipinski definition) is 2. The first-order valence-electron chi connectivity index (χ1n) is 3.37. The van der Waals surface area contributed by atoms with Gasteiger partial charge in [-0.3, -0.25) is 0 Å². The number of alkyl halides is 3. The molecule has 72 valence electrons. The molecule has 0 saturated heterocycles. The number of pyridine rings is 1. The van der Waals surface area contributed by atoms with Crippen molar-refractivity contribution in [3.8, 4) is 0 Å². The van der Waals surface area contributed by atoms with Gasteiger partial charge in [0.25, 0.3) is 0 Å². The van der Waals surface area contributed by atoms with Crippen LogP contribution in [0.2, 0.25) is 0 Å². The molecular weight excluding hydrogens is 296 g/mol. The van der Waals surface area contributed by atoms with Gasteiger partial charge in [-0.05, 0) is 40.3 Å². The zero-order valence-electron chi connectivity index (χ0n) is 6.40. The molecule has 0 atom stereocenters. The lowest BCUT2D eigenvalue weighted by Gasteiger charge is -2.07. The van der Waals surface area contributed by atoms with E-state index in [1.54, 1.807) is 22.6 Å². The highest BCUT2D eigenvalue weighted by Gasteiger charge is 2.32. The molecule has 2 nitrogen and oxygen atoms in total. The number of hydrogen-bond donors (Lipinski definition) is 1. The molecule has 1 rings (SSSR count). The molecule has 0 radical (unpaired) electrons. The van der Waals surface area contributed by atoms with Crippen LogP contribution in [-0.4, -0.2) is 4.98 Å². The van der Waals surface area contributed by atoms with Crippen molar-refractivity contribution in [3.63, 3.8) is 0 Å². The van der Waals surface area contributed by atoms with E-state index in [0.717, 1.165) is 6.07 Å². The van der Waals surface area contributed by atoms with E-state index in [-0.39, 0.29) is 6.54 Å². The number of nitrogens with two attached hydrogens (primary N) is 1. The standard InChI is InChI=1S/C7H6F3IN2/c8-7(9,10)5-1-4(3-12)2-6(11)13-5/h1-2H,3,12H2. The quantitative estimate of drug-likeness (QED) is 0.638. The second kappa shape index (κ2) is 3.79. The van der Waals surface area contributed by atoms with Crippen LogP contribution in [0.1, 0.15) is 11.3 Å². The Labute approximate surface area is 86.5 Å². The Morgan fingerprint density at radius 1 is 1.38 bits per heavy atom. The minimum atomic E-state index is -4.40. The molecule has 0 aliphatic heterocycles. The summed E-state index contributed by atoms with van der Waals surface area (Å²) in [6, 6.07) is 2.48. The molecule has 0 aliphatic carbocycles. The summed E-state index contributed by atoms with van der Waals surface area (Å²) in [5.41, 5.74) is 4.78. The summed E-state index contributed by atoms with van der Waals surface area (Å²) in [7, 11) is 0. The monoisotopic (exact) mass is 302 g/mol. The first-order chi connectivity index (χ1) is 5.93. The molecule has 0 unspecified atom stereocenters. The normalized spacial score (nSPS) is 11.8. The van der Waals surface area contributed by atoms with Gasteiger partial charge < -0.3 is 5.73 Å². The summed E-state index contributed by atoms with van der Waals surface area (Å²) >= 11 is 1.73. The molecule has 0 amide bonds. The van der Waals surface area contributed by atoms with Crippen LogP contribution < -0.4 is 5.73 Å². The Morgan fingerprint density at radius 3 is 2.46 bits per heavy atom. The van der Waals surface area contributed by atoms with E-state index in [2.05, 4.69) is 4.98 Å². The molecule has 0 bridgehead atoms. The minimum absolute atomic E-state index is 0.0849.